The Morgan fingerprint density at radius 2 is 1.96 bits per heavy atom. The highest BCUT2D eigenvalue weighted by Gasteiger charge is 2.08. The number of nitrogens with one attached hydrogen (secondary N) is 2. The van der Waals surface area contributed by atoms with Crippen molar-refractivity contribution in [2.45, 2.75) is 0 Å². The number of rotatable bonds is 5. The number of hydrazone groups is 1. The molecular formula is C15H12Br2N4O3. The number of hydrogen-bond acceptors (Lipinski definition) is 5. The summed E-state index contributed by atoms with van der Waals surface area (Å²) in [5, 5.41) is 16.1. The van der Waals surface area contributed by atoms with E-state index in [1.807, 2.05) is 0 Å². The third-order valence-corrected chi connectivity index (χ3v) is 3.86. The van der Waals surface area contributed by atoms with Crippen molar-refractivity contribution in [3.63, 3.8) is 0 Å². The van der Waals surface area contributed by atoms with Crippen molar-refractivity contribution in [2.24, 2.45) is 5.10 Å². The highest BCUT2D eigenvalue weighted by atomic mass is 79.9. The molecule has 0 fully saturated rings. The smallest absolute Gasteiger partial charge is 0.259 e. The van der Waals surface area contributed by atoms with Gasteiger partial charge in [0.2, 0.25) is 0 Å². The van der Waals surface area contributed by atoms with Crippen molar-refractivity contribution in [3.05, 3.63) is 56.7 Å². The van der Waals surface area contributed by atoms with Crippen LogP contribution in [0.4, 0.5) is 0 Å². The molecule has 1 aromatic heterocycles. The molecule has 0 spiro atoms. The number of phenols is 1. The minimum atomic E-state index is -0.498. The number of nitrogens with zero attached hydrogens (tertiary/aromatic N) is 2. The summed E-state index contributed by atoms with van der Waals surface area (Å²) < 4.78 is 1.24. The van der Waals surface area contributed by atoms with Gasteiger partial charge in [-0.2, -0.15) is 5.10 Å². The van der Waals surface area contributed by atoms with Crippen molar-refractivity contribution < 1.29 is 14.7 Å². The molecule has 0 bridgehead atoms. The van der Waals surface area contributed by atoms with Gasteiger partial charge in [0.15, 0.2) is 0 Å². The highest BCUT2D eigenvalue weighted by Crippen LogP contribution is 2.30. The monoisotopic (exact) mass is 454 g/mol. The molecule has 0 atom stereocenters. The third-order valence-electron chi connectivity index (χ3n) is 2.80. The summed E-state index contributed by atoms with van der Waals surface area (Å²) in [5.74, 6) is -0.880. The Labute approximate surface area is 154 Å². The Bertz CT molecular complexity index is 782. The van der Waals surface area contributed by atoms with E-state index in [0.29, 0.717) is 15.6 Å². The molecule has 0 saturated carbocycles. The second-order valence-electron chi connectivity index (χ2n) is 4.54. The summed E-state index contributed by atoms with van der Waals surface area (Å²) in [4.78, 5) is 27.2. The Hall–Kier alpha value is -2.26. The Kier molecular flexibility index (Phi) is 6.44. The maximum atomic E-state index is 11.8. The molecule has 1 aromatic carbocycles. The van der Waals surface area contributed by atoms with Crippen LogP contribution >= 0.6 is 31.9 Å². The van der Waals surface area contributed by atoms with Crippen LogP contribution in [0.2, 0.25) is 0 Å². The number of carbonyl (C=O) groups is 2. The quantitative estimate of drug-likeness (QED) is 0.474. The molecule has 3 N–H and O–H groups in total. The molecule has 0 radical (unpaired) electrons. The first-order chi connectivity index (χ1) is 11.5. The van der Waals surface area contributed by atoms with Crippen molar-refractivity contribution in [1.82, 2.24) is 15.7 Å². The van der Waals surface area contributed by atoms with E-state index >= 15 is 0 Å². The lowest BCUT2D eigenvalue weighted by atomic mass is 10.2. The lowest BCUT2D eigenvalue weighted by molar-refractivity contribution is -0.120. The van der Waals surface area contributed by atoms with E-state index in [2.05, 4.69) is 52.7 Å². The van der Waals surface area contributed by atoms with Gasteiger partial charge < -0.3 is 10.4 Å². The van der Waals surface area contributed by atoms with Crippen molar-refractivity contribution in [2.75, 3.05) is 6.54 Å². The maximum Gasteiger partial charge on any atom is 0.259 e. The van der Waals surface area contributed by atoms with Crippen LogP contribution in [0.15, 0.2) is 50.7 Å². The number of aromatic nitrogens is 1. The molecule has 0 saturated heterocycles. The molecule has 124 valence electrons. The van der Waals surface area contributed by atoms with Gasteiger partial charge in [-0.1, -0.05) is 15.9 Å². The second kappa shape index (κ2) is 8.55. The predicted octanol–water partition coefficient (Wildman–Crippen LogP) is 2.19. The van der Waals surface area contributed by atoms with Gasteiger partial charge in [0.1, 0.15) is 5.75 Å². The average Bonchev–Trinajstić information content (AvgIpc) is 2.57. The van der Waals surface area contributed by atoms with Gasteiger partial charge in [-0.3, -0.25) is 14.6 Å². The Morgan fingerprint density at radius 1 is 1.25 bits per heavy atom. The van der Waals surface area contributed by atoms with Crippen LogP contribution in [0, 0.1) is 0 Å². The fourth-order valence-electron chi connectivity index (χ4n) is 1.66. The van der Waals surface area contributed by atoms with Gasteiger partial charge in [-0.25, -0.2) is 5.43 Å². The highest BCUT2D eigenvalue weighted by molar-refractivity contribution is 9.11. The van der Waals surface area contributed by atoms with Crippen LogP contribution in [0.1, 0.15) is 15.9 Å². The first kappa shape index (κ1) is 18.1. The second-order valence-corrected chi connectivity index (χ2v) is 6.31. The molecule has 9 heteroatoms. The van der Waals surface area contributed by atoms with E-state index in [-0.39, 0.29) is 18.2 Å². The van der Waals surface area contributed by atoms with Crippen LogP contribution in [0.25, 0.3) is 0 Å². The largest absolute Gasteiger partial charge is 0.506 e. The summed E-state index contributed by atoms with van der Waals surface area (Å²) in [7, 11) is 0. The molecule has 1 heterocycles. The molecule has 2 rings (SSSR count). The van der Waals surface area contributed by atoms with Crippen LogP contribution in [-0.2, 0) is 4.79 Å². The fraction of sp³-hybridized carbons (Fsp3) is 0.0667. The van der Waals surface area contributed by atoms with E-state index in [1.54, 1.807) is 24.3 Å². The zero-order valence-corrected chi connectivity index (χ0v) is 15.3. The Balaban J connectivity index is 1.86. The van der Waals surface area contributed by atoms with E-state index < -0.39 is 5.91 Å². The third kappa shape index (κ3) is 5.14. The summed E-state index contributed by atoms with van der Waals surface area (Å²) in [6.45, 7) is -0.230. The summed E-state index contributed by atoms with van der Waals surface area (Å²) in [5.41, 5.74) is 3.09. The number of aromatic hydroxyl groups is 1. The molecule has 24 heavy (non-hydrogen) atoms. The maximum absolute atomic E-state index is 11.8. The molecule has 0 aliphatic rings. The fourth-order valence-corrected chi connectivity index (χ4v) is 2.92. The number of benzene rings is 1. The van der Waals surface area contributed by atoms with Crippen molar-refractivity contribution in [1.29, 1.82) is 0 Å². The zero-order chi connectivity index (χ0) is 17.5. The molecule has 2 amide bonds. The SMILES string of the molecule is O=C(CNC(=O)c1ccncc1)N/N=C/c1cc(Br)cc(Br)c1O. The van der Waals surface area contributed by atoms with E-state index in [0.717, 1.165) is 4.47 Å². The summed E-state index contributed by atoms with van der Waals surface area (Å²) in [6, 6.07) is 6.40. The lowest BCUT2D eigenvalue weighted by Crippen LogP contribution is -2.34. The molecule has 0 aliphatic heterocycles. The average molecular weight is 456 g/mol. The number of carbonyl (C=O) groups excluding carboxylic acids is 2. The number of halogens is 2. The summed E-state index contributed by atoms with van der Waals surface area (Å²) in [6.07, 6.45) is 4.27. The Morgan fingerprint density at radius 3 is 2.67 bits per heavy atom. The zero-order valence-electron chi connectivity index (χ0n) is 12.2. The van der Waals surface area contributed by atoms with Gasteiger partial charge in [0, 0.05) is 28.0 Å². The first-order valence-corrected chi connectivity index (χ1v) is 8.24. The molecule has 2 aromatic rings. The number of pyridine rings is 1. The normalized spacial score (nSPS) is 10.6. The number of hydrogen-bond donors (Lipinski definition) is 3. The molecule has 0 unspecified atom stereocenters. The van der Waals surface area contributed by atoms with E-state index in [9.17, 15) is 14.7 Å². The van der Waals surface area contributed by atoms with Gasteiger partial charge in [0.05, 0.1) is 17.2 Å². The summed E-state index contributed by atoms with van der Waals surface area (Å²) >= 11 is 6.49. The number of phenolic OH excluding ortho intramolecular Hbond substituents is 1. The van der Waals surface area contributed by atoms with Crippen LogP contribution in [0.5, 0.6) is 5.75 Å². The standard InChI is InChI=1S/C15H12Br2N4O3/c16-11-5-10(14(23)12(17)6-11)7-20-21-13(22)8-19-15(24)9-1-3-18-4-2-9/h1-7,23H,8H2,(H,19,24)(H,21,22)/b20-7+. The topological polar surface area (TPSA) is 104 Å². The number of amides is 2. The van der Waals surface area contributed by atoms with Crippen LogP contribution in [0.3, 0.4) is 0 Å². The first-order valence-electron chi connectivity index (χ1n) is 6.65. The van der Waals surface area contributed by atoms with Gasteiger partial charge in [0.25, 0.3) is 11.8 Å². The van der Waals surface area contributed by atoms with Crippen LogP contribution in [-0.4, -0.2) is 34.7 Å². The van der Waals surface area contributed by atoms with Crippen molar-refractivity contribution >= 4 is 49.9 Å². The van der Waals surface area contributed by atoms with Crippen LogP contribution < -0.4 is 10.7 Å². The minimum absolute atomic E-state index is 0.00203. The van der Waals surface area contributed by atoms with Gasteiger partial charge in [-0.05, 0) is 40.2 Å². The van der Waals surface area contributed by atoms with Crippen molar-refractivity contribution in [3.8, 4) is 5.75 Å². The van der Waals surface area contributed by atoms with Gasteiger partial charge >= 0.3 is 0 Å². The predicted molar refractivity (Wildman–Crippen MR) is 95.8 cm³/mol. The molecular weight excluding hydrogens is 444 g/mol. The van der Waals surface area contributed by atoms with Gasteiger partial charge in [-0.15, -0.1) is 0 Å². The minimum Gasteiger partial charge on any atom is -0.506 e. The molecule has 0 aliphatic carbocycles. The lowest BCUT2D eigenvalue weighted by Gasteiger charge is -2.04. The van der Waals surface area contributed by atoms with E-state index in [1.165, 1.54) is 18.6 Å². The molecule has 7 nitrogen and oxygen atoms in total. The van der Waals surface area contributed by atoms with E-state index in [4.69, 9.17) is 0 Å².